The number of rotatable bonds is 5. The zero-order valence-corrected chi connectivity index (χ0v) is 9.90. The minimum atomic E-state index is -0.574. The number of carbonyl (C=O) groups is 2. The first-order chi connectivity index (χ1) is 6.28. The number of hydrogen-bond donors (Lipinski definition) is 2. The molecule has 2 amide bonds. The van der Waals surface area contributed by atoms with Crippen LogP contribution in [-0.2, 0) is 9.59 Å². The molecule has 0 aliphatic carbocycles. The average Bonchev–Trinajstić information content (AvgIpc) is 2.02. The molecule has 0 aliphatic rings. The number of thioether (sulfide) groups is 1. The number of amides is 2. The Morgan fingerprint density at radius 2 is 2.00 bits per heavy atom. The molecule has 1 unspecified atom stereocenters. The maximum absolute atomic E-state index is 11.0. The van der Waals surface area contributed by atoms with Gasteiger partial charge in [-0.05, 0) is 12.7 Å². The lowest BCUT2D eigenvalue weighted by molar-refractivity contribution is -0.126. The number of nitrogens with two attached hydrogens (primary N) is 1. The second kappa shape index (κ2) is 5.24. The predicted octanol–water partition coefficient (Wildman–Crippen LogP) is 0.508. The lowest BCUT2D eigenvalue weighted by atomic mass is 10.0. The van der Waals surface area contributed by atoms with E-state index < -0.39 is 11.9 Å². The number of nitrogens with one attached hydrogen (secondary N) is 1. The molecule has 14 heavy (non-hydrogen) atoms. The van der Waals surface area contributed by atoms with Crippen molar-refractivity contribution < 1.29 is 9.59 Å². The Morgan fingerprint density at radius 1 is 1.50 bits per heavy atom. The van der Waals surface area contributed by atoms with Crippen LogP contribution in [0.1, 0.15) is 27.2 Å². The van der Waals surface area contributed by atoms with E-state index in [2.05, 4.69) is 5.32 Å². The lowest BCUT2D eigenvalue weighted by Crippen LogP contribution is -2.46. The first-order valence-electron chi connectivity index (χ1n) is 4.40. The molecule has 1 atom stereocenters. The zero-order chi connectivity index (χ0) is 11.4. The van der Waals surface area contributed by atoms with Crippen LogP contribution in [0, 0.1) is 0 Å². The van der Waals surface area contributed by atoms with Gasteiger partial charge in [0, 0.05) is 11.7 Å². The van der Waals surface area contributed by atoms with E-state index in [1.54, 1.807) is 11.8 Å². The van der Waals surface area contributed by atoms with Crippen LogP contribution in [0.2, 0.25) is 0 Å². The number of carbonyl (C=O) groups excluding carboxylic acids is 2. The Labute approximate surface area is 89.0 Å². The van der Waals surface area contributed by atoms with Crippen molar-refractivity contribution in [3.63, 3.8) is 0 Å². The minimum absolute atomic E-state index is 0.0673. The molecule has 0 fully saturated rings. The molecule has 0 saturated carbocycles. The molecule has 0 spiro atoms. The Hall–Kier alpha value is -0.710. The van der Waals surface area contributed by atoms with E-state index in [0.717, 1.165) is 0 Å². The summed E-state index contributed by atoms with van der Waals surface area (Å²) in [7, 11) is 0. The maximum Gasteiger partial charge on any atom is 0.240 e. The van der Waals surface area contributed by atoms with Crippen molar-refractivity contribution in [2.75, 3.05) is 6.26 Å². The fourth-order valence-corrected chi connectivity index (χ4v) is 1.38. The van der Waals surface area contributed by atoms with E-state index in [-0.39, 0.29) is 10.7 Å². The van der Waals surface area contributed by atoms with E-state index in [4.69, 9.17) is 5.73 Å². The van der Waals surface area contributed by atoms with Crippen molar-refractivity contribution in [3.05, 3.63) is 0 Å². The predicted molar refractivity (Wildman–Crippen MR) is 59.0 cm³/mol. The highest BCUT2D eigenvalue weighted by molar-refractivity contribution is 7.99. The Morgan fingerprint density at radius 3 is 2.29 bits per heavy atom. The molecule has 0 bridgehead atoms. The van der Waals surface area contributed by atoms with Crippen LogP contribution in [0.15, 0.2) is 0 Å². The van der Waals surface area contributed by atoms with Gasteiger partial charge in [0.25, 0.3) is 0 Å². The molecule has 0 saturated heterocycles. The summed E-state index contributed by atoms with van der Waals surface area (Å²) in [5.74, 6) is -0.715. The average molecular weight is 218 g/mol. The molecule has 0 heterocycles. The van der Waals surface area contributed by atoms with Crippen molar-refractivity contribution >= 4 is 23.6 Å². The number of hydrogen-bond acceptors (Lipinski definition) is 3. The highest BCUT2D eigenvalue weighted by atomic mass is 32.2. The van der Waals surface area contributed by atoms with Crippen LogP contribution in [0.4, 0.5) is 0 Å². The van der Waals surface area contributed by atoms with Crippen molar-refractivity contribution in [3.8, 4) is 0 Å². The molecule has 0 aromatic heterocycles. The smallest absolute Gasteiger partial charge is 0.240 e. The van der Waals surface area contributed by atoms with Gasteiger partial charge in [-0.3, -0.25) is 9.59 Å². The summed E-state index contributed by atoms with van der Waals surface area (Å²) in [5, 5.41) is 2.54. The third-order valence-electron chi connectivity index (χ3n) is 1.97. The largest absolute Gasteiger partial charge is 0.368 e. The van der Waals surface area contributed by atoms with Gasteiger partial charge in [-0.2, -0.15) is 11.8 Å². The van der Waals surface area contributed by atoms with E-state index >= 15 is 0 Å². The zero-order valence-electron chi connectivity index (χ0n) is 9.09. The summed E-state index contributed by atoms with van der Waals surface area (Å²) in [5.41, 5.74) is 5.18. The molecule has 0 aliphatic heterocycles. The van der Waals surface area contributed by atoms with Gasteiger partial charge < -0.3 is 11.1 Å². The van der Waals surface area contributed by atoms with Crippen molar-refractivity contribution in [2.24, 2.45) is 5.73 Å². The summed E-state index contributed by atoms with van der Waals surface area (Å²) >= 11 is 1.64. The normalized spacial score (nSPS) is 13.4. The third kappa shape index (κ3) is 5.11. The van der Waals surface area contributed by atoms with Gasteiger partial charge in [0.2, 0.25) is 11.8 Å². The van der Waals surface area contributed by atoms with Gasteiger partial charge >= 0.3 is 0 Å². The van der Waals surface area contributed by atoms with Gasteiger partial charge in [-0.25, -0.2) is 0 Å². The second-order valence-corrected chi connectivity index (χ2v) is 5.34. The maximum atomic E-state index is 11.0. The molecule has 4 nitrogen and oxygen atoms in total. The molecule has 0 radical (unpaired) electrons. The number of primary amides is 1. The van der Waals surface area contributed by atoms with Crippen molar-refractivity contribution in [1.82, 2.24) is 5.32 Å². The third-order valence-corrected chi connectivity index (χ3v) is 3.24. The second-order valence-electron chi connectivity index (χ2n) is 3.82. The molecular formula is C9H18N2O2S. The van der Waals surface area contributed by atoms with Crippen LogP contribution < -0.4 is 11.1 Å². The van der Waals surface area contributed by atoms with Crippen LogP contribution in [0.3, 0.4) is 0 Å². The molecular weight excluding hydrogens is 200 g/mol. The highest BCUT2D eigenvalue weighted by Gasteiger charge is 2.26. The van der Waals surface area contributed by atoms with E-state index in [0.29, 0.717) is 6.42 Å². The van der Waals surface area contributed by atoms with E-state index in [1.165, 1.54) is 6.92 Å². The summed E-state index contributed by atoms with van der Waals surface area (Å²) in [6.07, 6.45) is 2.51. The SMILES string of the molecule is CSC(C)(C)CC(NC(C)=O)C(N)=O. The van der Waals surface area contributed by atoms with Crippen LogP contribution in [0.5, 0.6) is 0 Å². The Bertz CT molecular complexity index is 229. The fraction of sp³-hybridized carbons (Fsp3) is 0.778. The fourth-order valence-electron chi connectivity index (χ4n) is 1.04. The Kier molecular flexibility index (Phi) is 4.97. The highest BCUT2D eigenvalue weighted by Crippen LogP contribution is 2.26. The molecule has 82 valence electrons. The lowest BCUT2D eigenvalue weighted by Gasteiger charge is -2.26. The molecule has 5 heteroatoms. The topological polar surface area (TPSA) is 72.2 Å². The van der Waals surface area contributed by atoms with E-state index in [1.807, 2.05) is 20.1 Å². The molecule has 3 N–H and O–H groups in total. The van der Waals surface area contributed by atoms with Crippen LogP contribution >= 0.6 is 11.8 Å². The van der Waals surface area contributed by atoms with Gasteiger partial charge in [-0.15, -0.1) is 0 Å². The van der Waals surface area contributed by atoms with Gasteiger partial charge in [0.1, 0.15) is 6.04 Å². The van der Waals surface area contributed by atoms with Crippen molar-refractivity contribution in [1.29, 1.82) is 0 Å². The first kappa shape index (κ1) is 13.3. The van der Waals surface area contributed by atoms with Crippen LogP contribution in [0.25, 0.3) is 0 Å². The molecule has 0 aromatic rings. The quantitative estimate of drug-likeness (QED) is 0.706. The summed E-state index contributed by atoms with van der Waals surface area (Å²) in [6, 6.07) is -0.574. The molecule has 0 rings (SSSR count). The monoisotopic (exact) mass is 218 g/mol. The first-order valence-corrected chi connectivity index (χ1v) is 5.62. The van der Waals surface area contributed by atoms with Crippen LogP contribution in [-0.4, -0.2) is 28.9 Å². The summed E-state index contributed by atoms with van der Waals surface area (Å²) in [6.45, 7) is 5.40. The standard InChI is InChI=1S/C9H18N2O2S/c1-6(12)11-7(8(10)13)5-9(2,3)14-4/h7H,5H2,1-4H3,(H2,10,13)(H,11,12). The minimum Gasteiger partial charge on any atom is -0.368 e. The van der Waals surface area contributed by atoms with Crippen molar-refractivity contribution in [2.45, 2.75) is 38.0 Å². The molecule has 0 aromatic carbocycles. The summed E-state index contributed by atoms with van der Waals surface area (Å²) < 4.78 is -0.0673. The summed E-state index contributed by atoms with van der Waals surface area (Å²) in [4.78, 5) is 21.8. The Balaban J connectivity index is 4.38. The van der Waals surface area contributed by atoms with E-state index in [9.17, 15) is 9.59 Å². The van der Waals surface area contributed by atoms with Gasteiger partial charge in [0.05, 0.1) is 0 Å². The van der Waals surface area contributed by atoms with Gasteiger partial charge in [-0.1, -0.05) is 13.8 Å². The van der Waals surface area contributed by atoms with Gasteiger partial charge in [0.15, 0.2) is 0 Å².